The molecule has 140 valence electrons. The number of carbonyl (C=O) groups is 1. The van der Waals surface area contributed by atoms with Gasteiger partial charge in [0, 0.05) is 27.6 Å². The monoisotopic (exact) mass is 406 g/mol. The Morgan fingerprint density at radius 2 is 1.71 bits per heavy atom. The first-order chi connectivity index (χ1) is 13.7. The normalized spacial score (nSPS) is 21.2. The van der Waals surface area contributed by atoms with Crippen LogP contribution >= 0.6 is 22.9 Å². The molecule has 0 fully saturated rings. The van der Waals surface area contributed by atoms with Crippen molar-refractivity contribution in [3.05, 3.63) is 92.8 Å². The van der Waals surface area contributed by atoms with E-state index in [1.165, 1.54) is 0 Å². The Morgan fingerprint density at radius 1 is 0.929 bits per heavy atom. The third kappa shape index (κ3) is 3.03. The second-order valence-electron chi connectivity index (χ2n) is 7.21. The van der Waals surface area contributed by atoms with Gasteiger partial charge in [0.15, 0.2) is 5.78 Å². The fourth-order valence-corrected chi connectivity index (χ4v) is 5.26. The number of anilines is 2. The van der Waals surface area contributed by atoms with Gasteiger partial charge in [-0.2, -0.15) is 0 Å². The summed E-state index contributed by atoms with van der Waals surface area (Å²) in [5.41, 5.74) is 4.90. The quantitative estimate of drug-likeness (QED) is 0.518. The van der Waals surface area contributed by atoms with Crippen molar-refractivity contribution >= 4 is 40.1 Å². The number of ketones is 1. The predicted molar refractivity (Wildman–Crippen MR) is 116 cm³/mol. The third-order valence-corrected chi connectivity index (χ3v) is 6.76. The number of benzene rings is 2. The van der Waals surface area contributed by atoms with E-state index >= 15 is 0 Å². The van der Waals surface area contributed by atoms with Crippen LogP contribution in [0.4, 0.5) is 11.4 Å². The van der Waals surface area contributed by atoms with Crippen LogP contribution in [-0.4, -0.2) is 5.78 Å². The number of para-hydroxylation sites is 2. The molecule has 0 bridgehead atoms. The first kappa shape index (κ1) is 17.5. The lowest BCUT2D eigenvalue weighted by atomic mass is 9.79. The molecule has 0 radical (unpaired) electrons. The van der Waals surface area contributed by atoms with Gasteiger partial charge in [-0.25, -0.2) is 0 Å². The lowest BCUT2D eigenvalue weighted by molar-refractivity contribution is -0.116. The molecule has 5 rings (SSSR count). The van der Waals surface area contributed by atoms with E-state index in [9.17, 15) is 4.79 Å². The fraction of sp³-hybridized carbons (Fsp3) is 0.174. The molecule has 0 spiro atoms. The van der Waals surface area contributed by atoms with Gasteiger partial charge in [0.2, 0.25) is 0 Å². The maximum Gasteiger partial charge on any atom is 0.163 e. The number of halogens is 1. The lowest BCUT2D eigenvalue weighted by Gasteiger charge is -2.29. The highest BCUT2D eigenvalue weighted by Gasteiger charge is 2.36. The molecule has 1 aliphatic carbocycles. The standard InChI is InChI=1S/C23H19ClN2OS/c24-16-7-2-1-6-15(16)14-12-19-22(20(27)13-14)23(21-10-5-11-28-21)26-18-9-4-3-8-17(18)25-19/h1-11,14,23,25-26H,12-13H2/t14-,23-/m0/s1. The van der Waals surface area contributed by atoms with Crippen LogP contribution in [0.3, 0.4) is 0 Å². The number of allylic oxidation sites excluding steroid dienone is 1. The molecular formula is C23H19ClN2OS. The average molecular weight is 407 g/mol. The maximum atomic E-state index is 13.4. The van der Waals surface area contributed by atoms with Gasteiger partial charge in [0.05, 0.1) is 17.4 Å². The molecule has 2 heterocycles. The lowest BCUT2D eigenvalue weighted by Crippen LogP contribution is -2.26. The second-order valence-corrected chi connectivity index (χ2v) is 8.59. The summed E-state index contributed by atoms with van der Waals surface area (Å²) in [5.74, 6) is 0.263. The molecule has 28 heavy (non-hydrogen) atoms. The van der Waals surface area contributed by atoms with Gasteiger partial charge < -0.3 is 10.6 Å². The van der Waals surface area contributed by atoms with Crippen molar-refractivity contribution in [1.29, 1.82) is 0 Å². The van der Waals surface area contributed by atoms with E-state index in [0.29, 0.717) is 6.42 Å². The number of rotatable bonds is 2. The van der Waals surface area contributed by atoms with Crippen LogP contribution in [0.1, 0.15) is 35.2 Å². The van der Waals surface area contributed by atoms with E-state index in [1.807, 2.05) is 48.5 Å². The van der Waals surface area contributed by atoms with Crippen LogP contribution in [0.5, 0.6) is 0 Å². The number of carbonyl (C=O) groups excluding carboxylic acids is 1. The van der Waals surface area contributed by atoms with Gasteiger partial charge in [0.1, 0.15) is 0 Å². The number of thiophene rings is 1. The zero-order valence-electron chi connectivity index (χ0n) is 15.1. The second kappa shape index (κ2) is 7.12. The number of nitrogens with one attached hydrogen (secondary N) is 2. The Labute approximate surface area is 173 Å². The average Bonchev–Trinajstić information content (AvgIpc) is 3.17. The molecule has 1 aromatic heterocycles. The Balaban J connectivity index is 1.62. The SMILES string of the molecule is O=C1C[C@@H](c2ccccc2Cl)CC2=C1[C@H](c1cccs1)Nc1ccccc1N2. The molecule has 2 atom stereocenters. The maximum absolute atomic E-state index is 13.4. The number of hydrogen-bond donors (Lipinski definition) is 2. The first-order valence-electron chi connectivity index (χ1n) is 9.37. The van der Waals surface area contributed by atoms with Gasteiger partial charge in [-0.05, 0) is 47.5 Å². The van der Waals surface area contributed by atoms with Crippen LogP contribution in [0.15, 0.2) is 77.3 Å². The third-order valence-electron chi connectivity index (χ3n) is 5.48. The summed E-state index contributed by atoms with van der Waals surface area (Å²) < 4.78 is 0. The molecule has 5 heteroatoms. The number of Topliss-reactive ketones (excluding diaryl/α,β-unsaturated/α-hetero) is 1. The highest BCUT2D eigenvalue weighted by molar-refractivity contribution is 7.10. The van der Waals surface area contributed by atoms with E-state index in [2.05, 4.69) is 28.1 Å². The van der Waals surface area contributed by atoms with E-state index in [4.69, 9.17) is 11.6 Å². The largest absolute Gasteiger partial charge is 0.372 e. The van der Waals surface area contributed by atoms with E-state index in [1.54, 1.807) is 11.3 Å². The van der Waals surface area contributed by atoms with Crippen molar-refractivity contribution in [3.63, 3.8) is 0 Å². The smallest absolute Gasteiger partial charge is 0.163 e. The molecule has 0 saturated carbocycles. The van der Waals surface area contributed by atoms with Gasteiger partial charge >= 0.3 is 0 Å². The summed E-state index contributed by atoms with van der Waals surface area (Å²) >= 11 is 8.12. The summed E-state index contributed by atoms with van der Waals surface area (Å²) in [6, 6.07) is 20.0. The van der Waals surface area contributed by atoms with Crippen LogP contribution in [-0.2, 0) is 4.79 Å². The minimum atomic E-state index is -0.133. The minimum absolute atomic E-state index is 0.0849. The van der Waals surface area contributed by atoms with Crippen molar-refractivity contribution in [2.45, 2.75) is 24.8 Å². The minimum Gasteiger partial charge on any atom is -0.372 e. The molecular weight excluding hydrogens is 388 g/mol. The van der Waals surface area contributed by atoms with Crippen molar-refractivity contribution in [2.24, 2.45) is 0 Å². The predicted octanol–water partition coefficient (Wildman–Crippen LogP) is 6.38. The number of fused-ring (bicyclic) bond motifs is 1. The molecule has 0 unspecified atom stereocenters. The Bertz CT molecular complexity index is 1070. The molecule has 2 N–H and O–H groups in total. The number of hydrogen-bond acceptors (Lipinski definition) is 4. The van der Waals surface area contributed by atoms with Crippen molar-refractivity contribution in [2.75, 3.05) is 10.6 Å². The van der Waals surface area contributed by atoms with Crippen LogP contribution in [0.25, 0.3) is 0 Å². The summed E-state index contributed by atoms with van der Waals surface area (Å²) in [7, 11) is 0. The van der Waals surface area contributed by atoms with E-state index < -0.39 is 0 Å². The Morgan fingerprint density at radius 3 is 2.50 bits per heavy atom. The highest BCUT2D eigenvalue weighted by Crippen LogP contribution is 2.45. The molecule has 0 amide bonds. The van der Waals surface area contributed by atoms with Crippen molar-refractivity contribution in [3.8, 4) is 0 Å². The van der Waals surface area contributed by atoms with Gasteiger partial charge in [0.25, 0.3) is 0 Å². The first-order valence-corrected chi connectivity index (χ1v) is 10.6. The summed E-state index contributed by atoms with van der Waals surface area (Å²) in [6.07, 6.45) is 1.24. The van der Waals surface area contributed by atoms with E-state index in [0.717, 1.165) is 44.5 Å². The van der Waals surface area contributed by atoms with Crippen LogP contribution < -0.4 is 10.6 Å². The van der Waals surface area contributed by atoms with Crippen LogP contribution in [0.2, 0.25) is 5.02 Å². The molecule has 3 aromatic rings. The summed E-state index contributed by atoms with van der Waals surface area (Å²) in [6.45, 7) is 0. The van der Waals surface area contributed by atoms with Crippen LogP contribution in [0, 0.1) is 0 Å². The summed E-state index contributed by atoms with van der Waals surface area (Å²) in [4.78, 5) is 14.5. The van der Waals surface area contributed by atoms with Gasteiger partial charge in [-0.3, -0.25) is 4.79 Å². The molecule has 2 aromatic carbocycles. The van der Waals surface area contributed by atoms with Gasteiger partial charge in [-0.15, -0.1) is 11.3 Å². The highest BCUT2D eigenvalue weighted by atomic mass is 35.5. The van der Waals surface area contributed by atoms with Crippen molar-refractivity contribution in [1.82, 2.24) is 0 Å². The Hall–Kier alpha value is -2.56. The molecule has 1 aliphatic heterocycles. The molecule has 3 nitrogen and oxygen atoms in total. The Kier molecular flexibility index (Phi) is 4.46. The fourth-order valence-electron chi connectivity index (χ4n) is 4.19. The van der Waals surface area contributed by atoms with Gasteiger partial charge in [-0.1, -0.05) is 48.0 Å². The molecule has 0 saturated heterocycles. The molecule has 2 aliphatic rings. The summed E-state index contributed by atoms with van der Waals surface area (Å²) in [5, 5.41) is 9.95. The topological polar surface area (TPSA) is 41.1 Å². The van der Waals surface area contributed by atoms with E-state index in [-0.39, 0.29) is 17.7 Å². The van der Waals surface area contributed by atoms with Crippen molar-refractivity contribution < 1.29 is 4.79 Å². The zero-order chi connectivity index (χ0) is 19.1. The zero-order valence-corrected chi connectivity index (χ0v) is 16.7.